The van der Waals surface area contributed by atoms with E-state index in [0.717, 1.165) is 16.6 Å². The summed E-state index contributed by atoms with van der Waals surface area (Å²) in [6.07, 6.45) is 2.07. The van der Waals surface area contributed by atoms with Gasteiger partial charge in [0.25, 0.3) is 0 Å². The maximum absolute atomic E-state index is 6.64. The van der Waals surface area contributed by atoms with E-state index in [-0.39, 0.29) is 5.38 Å². The fourth-order valence-electron chi connectivity index (χ4n) is 2.06. The third-order valence-electron chi connectivity index (χ3n) is 3.15. The van der Waals surface area contributed by atoms with Crippen LogP contribution in [0.3, 0.4) is 0 Å². The molecule has 1 unspecified atom stereocenters. The van der Waals surface area contributed by atoms with E-state index >= 15 is 0 Å². The first kappa shape index (κ1) is 14.1. The van der Waals surface area contributed by atoms with Gasteiger partial charge in [-0.3, -0.25) is 0 Å². The van der Waals surface area contributed by atoms with Crippen LogP contribution < -0.4 is 0 Å². The molecule has 0 aliphatic heterocycles. The van der Waals surface area contributed by atoms with Gasteiger partial charge >= 0.3 is 0 Å². The van der Waals surface area contributed by atoms with Gasteiger partial charge in [-0.05, 0) is 62.5 Å². The number of benzene rings is 1. The molecule has 0 fully saturated rings. The van der Waals surface area contributed by atoms with Crippen LogP contribution in [-0.4, -0.2) is 0 Å². The Balaban J connectivity index is 2.41. The highest BCUT2D eigenvalue weighted by Gasteiger charge is 2.16. The van der Waals surface area contributed by atoms with Crippen molar-refractivity contribution in [2.24, 2.45) is 0 Å². The third kappa shape index (κ3) is 2.98. The fraction of sp³-hybridized carbons (Fsp3) is 0.333. The second kappa shape index (κ2) is 6.23. The van der Waals surface area contributed by atoms with Crippen molar-refractivity contribution in [3.63, 3.8) is 0 Å². The van der Waals surface area contributed by atoms with Gasteiger partial charge in [-0.25, -0.2) is 0 Å². The zero-order chi connectivity index (χ0) is 13.1. The van der Waals surface area contributed by atoms with E-state index in [1.807, 2.05) is 0 Å². The van der Waals surface area contributed by atoms with E-state index < -0.39 is 0 Å². The van der Waals surface area contributed by atoms with E-state index in [1.165, 1.54) is 22.3 Å². The second-order valence-electron chi connectivity index (χ2n) is 4.29. The fourth-order valence-corrected chi connectivity index (χ4v) is 3.66. The predicted octanol–water partition coefficient (Wildman–Crippen LogP) is 5.96. The Morgan fingerprint density at radius 2 is 2.00 bits per heavy atom. The molecule has 2 rings (SSSR count). The molecule has 1 aromatic heterocycles. The molecule has 0 bridgehead atoms. The number of aryl methyl sites for hydroxylation is 2. The Kier molecular flexibility index (Phi) is 4.88. The number of alkyl halides is 1. The van der Waals surface area contributed by atoms with Crippen LogP contribution in [0.2, 0.25) is 0 Å². The van der Waals surface area contributed by atoms with E-state index in [0.29, 0.717) is 0 Å². The minimum Gasteiger partial charge on any atom is -0.136 e. The van der Waals surface area contributed by atoms with Crippen LogP contribution >= 0.6 is 38.9 Å². The van der Waals surface area contributed by atoms with Crippen LogP contribution in [0, 0.1) is 0 Å². The Bertz CT molecular complexity index is 533. The average molecular weight is 344 g/mol. The van der Waals surface area contributed by atoms with Gasteiger partial charge < -0.3 is 0 Å². The lowest BCUT2D eigenvalue weighted by Gasteiger charge is -2.14. The van der Waals surface area contributed by atoms with E-state index in [1.54, 1.807) is 11.3 Å². The van der Waals surface area contributed by atoms with E-state index in [2.05, 4.69) is 59.4 Å². The quantitative estimate of drug-likeness (QED) is 0.600. The molecular weight excluding hydrogens is 328 g/mol. The first-order valence-corrected chi connectivity index (χ1v) is 8.26. The van der Waals surface area contributed by atoms with Crippen LogP contribution in [0.1, 0.15) is 41.5 Å². The molecule has 3 heteroatoms. The molecule has 1 atom stereocenters. The minimum absolute atomic E-state index is 0.0472. The summed E-state index contributed by atoms with van der Waals surface area (Å²) >= 11 is 11.8. The maximum Gasteiger partial charge on any atom is 0.0846 e. The number of hydrogen-bond donors (Lipinski definition) is 0. The van der Waals surface area contributed by atoms with Gasteiger partial charge in [0.1, 0.15) is 0 Å². The third-order valence-corrected chi connectivity index (χ3v) is 5.16. The van der Waals surface area contributed by atoms with E-state index in [4.69, 9.17) is 11.6 Å². The molecule has 0 radical (unpaired) electrons. The molecule has 1 heterocycles. The van der Waals surface area contributed by atoms with Crippen LogP contribution in [0.5, 0.6) is 0 Å². The molecule has 0 N–H and O–H groups in total. The molecule has 0 spiro atoms. The number of rotatable bonds is 4. The topological polar surface area (TPSA) is 0 Å². The lowest BCUT2D eigenvalue weighted by molar-refractivity contribution is 1.02. The highest BCUT2D eigenvalue weighted by molar-refractivity contribution is 9.11. The summed E-state index contributed by atoms with van der Waals surface area (Å²) in [4.78, 5) is 0. The summed E-state index contributed by atoms with van der Waals surface area (Å²) in [6.45, 7) is 4.35. The van der Waals surface area contributed by atoms with Gasteiger partial charge in [-0.2, -0.15) is 0 Å². The van der Waals surface area contributed by atoms with Crippen molar-refractivity contribution in [2.45, 2.75) is 32.1 Å². The zero-order valence-electron chi connectivity index (χ0n) is 10.5. The largest absolute Gasteiger partial charge is 0.136 e. The minimum atomic E-state index is -0.0472. The Morgan fingerprint density at radius 1 is 1.22 bits per heavy atom. The monoisotopic (exact) mass is 342 g/mol. The smallest absolute Gasteiger partial charge is 0.0846 e. The van der Waals surface area contributed by atoms with Gasteiger partial charge in [0.15, 0.2) is 0 Å². The van der Waals surface area contributed by atoms with Crippen LogP contribution in [-0.2, 0) is 12.8 Å². The molecular formula is C15H16BrClS. The number of halogens is 2. The summed E-state index contributed by atoms with van der Waals surface area (Å²) in [6, 6.07) is 8.78. The number of hydrogen-bond acceptors (Lipinski definition) is 1. The summed E-state index contributed by atoms with van der Waals surface area (Å²) in [5, 5.41) is 2.08. The molecule has 0 saturated carbocycles. The van der Waals surface area contributed by atoms with Crippen molar-refractivity contribution in [2.75, 3.05) is 0 Å². The molecule has 18 heavy (non-hydrogen) atoms. The van der Waals surface area contributed by atoms with Crippen LogP contribution in [0.4, 0.5) is 0 Å². The van der Waals surface area contributed by atoms with Crippen molar-refractivity contribution in [1.29, 1.82) is 0 Å². The highest BCUT2D eigenvalue weighted by atomic mass is 79.9. The molecule has 2 aromatic rings. The summed E-state index contributed by atoms with van der Waals surface area (Å²) < 4.78 is 1.13. The van der Waals surface area contributed by atoms with Gasteiger partial charge in [-0.1, -0.05) is 32.0 Å². The Labute approximate surface area is 126 Å². The van der Waals surface area contributed by atoms with E-state index in [9.17, 15) is 0 Å². The van der Waals surface area contributed by atoms with Gasteiger partial charge in [-0.15, -0.1) is 22.9 Å². The summed E-state index contributed by atoms with van der Waals surface area (Å²) in [7, 11) is 0. The molecule has 0 amide bonds. The lowest BCUT2D eigenvalue weighted by Crippen LogP contribution is -1.99. The molecule has 96 valence electrons. The first-order chi connectivity index (χ1) is 8.65. The molecule has 0 aliphatic rings. The molecule has 0 nitrogen and oxygen atoms in total. The number of thiophene rings is 1. The van der Waals surface area contributed by atoms with Crippen molar-refractivity contribution < 1.29 is 0 Å². The highest BCUT2D eigenvalue weighted by Crippen LogP contribution is 2.36. The van der Waals surface area contributed by atoms with Crippen molar-refractivity contribution >= 4 is 38.9 Å². The normalized spacial score (nSPS) is 12.7. The first-order valence-electron chi connectivity index (χ1n) is 6.15. The van der Waals surface area contributed by atoms with Gasteiger partial charge in [0.2, 0.25) is 0 Å². The summed E-state index contributed by atoms with van der Waals surface area (Å²) in [5.74, 6) is 0. The van der Waals surface area contributed by atoms with Crippen molar-refractivity contribution in [1.82, 2.24) is 0 Å². The van der Waals surface area contributed by atoms with Crippen molar-refractivity contribution in [3.8, 4) is 0 Å². The summed E-state index contributed by atoms with van der Waals surface area (Å²) in [5.41, 5.74) is 5.12. The Morgan fingerprint density at radius 3 is 2.56 bits per heavy atom. The van der Waals surface area contributed by atoms with Gasteiger partial charge in [0.05, 0.1) is 9.16 Å². The average Bonchev–Trinajstić information content (AvgIpc) is 2.83. The van der Waals surface area contributed by atoms with Gasteiger partial charge in [0, 0.05) is 0 Å². The standard InChI is InChI=1S/C15H16BrClS/c1-3-10-5-6-11(4-2)13(7-10)15(17)12-8-14(16)18-9-12/h5-9,15H,3-4H2,1-2H3. The zero-order valence-corrected chi connectivity index (χ0v) is 13.7. The predicted molar refractivity (Wildman–Crippen MR) is 84.9 cm³/mol. The lowest BCUT2D eigenvalue weighted by atomic mass is 9.96. The molecule has 0 saturated heterocycles. The second-order valence-corrected chi connectivity index (χ2v) is 7.01. The maximum atomic E-state index is 6.64. The van der Waals surface area contributed by atoms with Crippen LogP contribution in [0.25, 0.3) is 0 Å². The Hall–Kier alpha value is -0.310. The molecule has 1 aromatic carbocycles. The SMILES string of the molecule is CCc1ccc(CC)c(C(Cl)c2csc(Br)c2)c1. The van der Waals surface area contributed by atoms with Crippen molar-refractivity contribution in [3.05, 3.63) is 55.7 Å². The molecule has 0 aliphatic carbocycles. The van der Waals surface area contributed by atoms with Crippen LogP contribution in [0.15, 0.2) is 33.4 Å².